The minimum atomic E-state index is -3.11. The van der Waals surface area contributed by atoms with Gasteiger partial charge in [-0.25, -0.2) is 13.1 Å². The zero-order valence-corrected chi connectivity index (χ0v) is 6.59. The number of hydrogen-bond acceptors (Lipinski definition) is 2. The summed E-state index contributed by atoms with van der Waals surface area (Å²) in [4.78, 5) is 0. The van der Waals surface area contributed by atoms with E-state index >= 15 is 0 Å². The van der Waals surface area contributed by atoms with Crippen molar-refractivity contribution in [1.82, 2.24) is 4.72 Å². The average Bonchev–Trinajstić information content (AvgIpc) is 1.59. The summed E-state index contributed by atoms with van der Waals surface area (Å²) in [5.41, 5.74) is 0. The van der Waals surface area contributed by atoms with Gasteiger partial charge in [-0.05, 0) is 0 Å². The van der Waals surface area contributed by atoms with Crippen molar-refractivity contribution in [1.29, 1.82) is 0 Å². The van der Waals surface area contributed by atoms with Crippen LogP contribution in [-0.2, 0) is 10.0 Å². The molecule has 0 aromatic heterocycles. The van der Waals surface area contributed by atoms with Crippen LogP contribution in [0.5, 0.6) is 0 Å². The Labute approximate surface area is 59.8 Å². The molecule has 0 aliphatic rings. The maximum atomic E-state index is 10.3. The molecule has 1 N–H and O–H groups in total. The third kappa shape index (κ3) is 7.94. The summed E-state index contributed by atoms with van der Waals surface area (Å²) in [7, 11) is -3.11. The van der Waals surface area contributed by atoms with Gasteiger partial charge >= 0.3 is 0 Å². The molecule has 0 aliphatic heterocycles. The molecule has 0 saturated carbocycles. The van der Waals surface area contributed by atoms with E-state index in [-0.39, 0.29) is 11.6 Å². The van der Waals surface area contributed by atoms with Gasteiger partial charge in [-0.2, -0.15) is 0 Å². The van der Waals surface area contributed by atoms with E-state index in [1.165, 1.54) is 0 Å². The third-order valence-corrected chi connectivity index (χ3v) is 1.33. The quantitative estimate of drug-likeness (QED) is 0.660. The Bertz CT molecular complexity index is 197. The van der Waals surface area contributed by atoms with Crippen LogP contribution in [0.1, 0.15) is 0 Å². The number of sulfonamides is 1. The van der Waals surface area contributed by atoms with E-state index in [2.05, 4.69) is 11.3 Å². The fourth-order valence-corrected chi connectivity index (χ4v) is 0.792. The SMILES string of the molecule is C=C(Cl)CNS(C)(=O)=O. The third-order valence-electron chi connectivity index (χ3n) is 0.526. The van der Waals surface area contributed by atoms with Gasteiger partial charge in [0.2, 0.25) is 10.0 Å². The Morgan fingerprint density at radius 1 is 1.78 bits per heavy atom. The van der Waals surface area contributed by atoms with Crippen LogP contribution in [0.3, 0.4) is 0 Å². The Morgan fingerprint density at radius 3 is 2.33 bits per heavy atom. The van der Waals surface area contributed by atoms with Gasteiger partial charge in [0.15, 0.2) is 0 Å². The first-order valence-electron chi connectivity index (χ1n) is 2.20. The Balaban J connectivity index is 3.67. The van der Waals surface area contributed by atoms with Gasteiger partial charge in [0.25, 0.3) is 0 Å². The second-order valence-electron chi connectivity index (χ2n) is 1.61. The van der Waals surface area contributed by atoms with E-state index in [9.17, 15) is 8.42 Å². The molecule has 3 nitrogen and oxygen atoms in total. The summed E-state index contributed by atoms with van der Waals surface area (Å²) >= 11 is 5.26. The minimum absolute atomic E-state index is 0.0976. The molecule has 0 spiro atoms. The molecule has 5 heteroatoms. The molecule has 9 heavy (non-hydrogen) atoms. The molecule has 0 rings (SSSR count). The summed E-state index contributed by atoms with van der Waals surface area (Å²) in [6.07, 6.45) is 1.06. The molecular formula is C4H8ClNO2S. The number of rotatable bonds is 3. The second kappa shape index (κ2) is 3.20. The Hall–Kier alpha value is -0.0600. The fourth-order valence-electron chi connectivity index (χ4n) is 0.209. The van der Waals surface area contributed by atoms with Gasteiger partial charge in [0, 0.05) is 11.6 Å². The highest BCUT2D eigenvalue weighted by atomic mass is 35.5. The van der Waals surface area contributed by atoms with E-state index in [1.54, 1.807) is 0 Å². The molecule has 0 aromatic carbocycles. The predicted octanol–water partition coefficient (Wildman–Crippen LogP) is 0.288. The van der Waals surface area contributed by atoms with Crippen LogP contribution >= 0.6 is 11.6 Å². The first-order valence-corrected chi connectivity index (χ1v) is 4.46. The molecule has 0 fully saturated rings. The predicted molar refractivity (Wildman–Crippen MR) is 37.8 cm³/mol. The van der Waals surface area contributed by atoms with Crippen LogP contribution in [0, 0.1) is 0 Å². The normalized spacial score (nSPS) is 11.3. The zero-order chi connectivity index (χ0) is 7.49. The van der Waals surface area contributed by atoms with Crippen molar-refractivity contribution in [2.75, 3.05) is 12.8 Å². The van der Waals surface area contributed by atoms with Gasteiger partial charge in [-0.15, -0.1) is 0 Å². The lowest BCUT2D eigenvalue weighted by atomic mass is 10.7. The van der Waals surface area contributed by atoms with Crippen molar-refractivity contribution in [2.24, 2.45) is 0 Å². The number of halogens is 1. The van der Waals surface area contributed by atoms with E-state index in [0.717, 1.165) is 6.26 Å². The van der Waals surface area contributed by atoms with Crippen molar-refractivity contribution >= 4 is 21.6 Å². The van der Waals surface area contributed by atoms with Crippen LogP contribution in [0.15, 0.2) is 11.6 Å². The van der Waals surface area contributed by atoms with Gasteiger partial charge < -0.3 is 0 Å². The minimum Gasteiger partial charge on any atom is -0.213 e. The summed E-state index contributed by atoms with van der Waals surface area (Å²) < 4.78 is 22.8. The first kappa shape index (κ1) is 8.94. The zero-order valence-electron chi connectivity index (χ0n) is 5.02. The van der Waals surface area contributed by atoms with Crippen molar-refractivity contribution < 1.29 is 8.42 Å². The second-order valence-corrected chi connectivity index (χ2v) is 3.98. The average molecular weight is 170 g/mol. The number of hydrogen-bond donors (Lipinski definition) is 1. The fraction of sp³-hybridized carbons (Fsp3) is 0.500. The van der Waals surface area contributed by atoms with E-state index in [0.29, 0.717) is 0 Å². The van der Waals surface area contributed by atoms with Crippen molar-refractivity contribution in [3.63, 3.8) is 0 Å². The molecule has 54 valence electrons. The highest BCUT2D eigenvalue weighted by Gasteiger charge is 1.98. The van der Waals surface area contributed by atoms with Crippen LogP contribution in [0.4, 0.5) is 0 Å². The lowest BCUT2D eigenvalue weighted by molar-refractivity contribution is 0.591. The van der Waals surface area contributed by atoms with Crippen LogP contribution < -0.4 is 4.72 Å². The highest BCUT2D eigenvalue weighted by molar-refractivity contribution is 7.88. The van der Waals surface area contributed by atoms with Crippen LogP contribution in [0.2, 0.25) is 0 Å². The molecule has 0 heterocycles. The molecule has 0 aromatic rings. The van der Waals surface area contributed by atoms with Crippen molar-refractivity contribution in [3.8, 4) is 0 Å². The molecule has 0 bridgehead atoms. The molecule has 0 aliphatic carbocycles. The molecular weight excluding hydrogens is 162 g/mol. The largest absolute Gasteiger partial charge is 0.213 e. The molecule has 0 atom stereocenters. The van der Waals surface area contributed by atoms with Crippen molar-refractivity contribution in [2.45, 2.75) is 0 Å². The first-order chi connectivity index (χ1) is 3.92. The van der Waals surface area contributed by atoms with E-state index < -0.39 is 10.0 Å². The van der Waals surface area contributed by atoms with E-state index in [1.807, 2.05) is 0 Å². The number of nitrogens with one attached hydrogen (secondary N) is 1. The molecule has 0 amide bonds. The van der Waals surface area contributed by atoms with Crippen LogP contribution in [0.25, 0.3) is 0 Å². The van der Waals surface area contributed by atoms with Gasteiger partial charge in [-0.3, -0.25) is 0 Å². The highest BCUT2D eigenvalue weighted by Crippen LogP contribution is 1.92. The topological polar surface area (TPSA) is 46.2 Å². The van der Waals surface area contributed by atoms with Crippen LogP contribution in [-0.4, -0.2) is 21.2 Å². The Morgan fingerprint density at radius 2 is 2.22 bits per heavy atom. The maximum Gasteiger partial charge on any atom is 0.209 e. The van der Waals surface area contributed by atoms with Gasteiger partial charge in [0.1, 0.15) is 0 Å². The standard InChI is InChI=1S/C4H8ClNO2S/c1-4(5)3-6-9(2,7)8/h6H,1,3H2,2H3. The molecule has 0 radical (unpaired) electrons. The summed E-state index contributed by atoms with van der Waals surface area (Å²) in [5, 5.41) is 0.278. The van der Waals surface area contributed by atoms with Gasteiger partial charge in [-0.1, -0.05) is 18.2 Å². The maximum absolute atomic E-state index is 10.3. The molecule has 0 saturated heterocycles. The van der Waals surface area contributed by atoms with Crippen molar-refractivity contribution in [3.05, 3.63) is 11.6 Å². The Kier molecular flexibility index (Phi) is 3.17. The summed E-state index contributed by atoms with van der Waals surface area (Å²) in [5.74, 6) is 0. The van der Waals surface area contributed by atoms with E-state index in [4.69, 9.17) is 11.6 Å². The lowest BCUT2D eigenvalue weighted by Gasteiger charge is -1.96. The molecule has 0 unspecified atom stereocenters. The summed E-state index contributed by atoms with van der Waals surface area (Å²) in [6.45, 7) is 3.39. The summed E-state index contributed by atoms with van der Waals surface area (Å²) in [6, 6.07) is 0. The monoisotopic (exact) mass is 169 g/mol. The van der Waals surface area contributed by atoms with Gasteiger partial charge in [0.05, 0.1) is 6.26 Å². The lowest BCUT2D eigenvalue weighted by Crippen LogP contribution is -2.22. The smallest absolute Gasteiger partial charge is 0.209 e.